The maximum atomic E-state index is 12.2. The number of carbonyl (C=O) groups is 2. The predicted molar refractivity (Wildman–Crippen MR) is 87.6 cm³/mol. The molecule has 1 fully saturated rings. The summed E-state index contributed by atoms with van der Waals surface area (Å²) in [7, 11) is 0. The van der Waals surface area contributed by atoms with Gasteiger partial charge >= 0.3 is 11.8 Å². The largest absolute Gasteiger partial charge is 0.395 e. The Morgan fingerprint density at radius 2 is 1.95 bits per heavy atom. The highest BCUT2D eigenvalue weighted by atomic mass is 79.9. The van der Waals surface area contributed by atoms with Crippen LogP contribution in [0.2, 0.25) is 0 Å². The summed E-state index contributed by atoms with van der Waals surface area (Å²) in [6.45, 7) is 5.01. The molecular weight excluding hydrogens is 350 g/mol. The second kappa shape index (κ2) is 7.71. The molecule has 2 rings (SSSR count). The van der Waals surface area contributed by atoms with Crippen molar-refractivity contribution in [2.45, 2.75) is 6.92 Å². The second-order valence-corrected chi connectivity index (χ2v) is 6.15. The maximum Gasteiger partial charge on any atom is 0.313 e. The quantitative estimate of drug-likeness (QED) is 0.774. The molecule has 1 aromatic rings. The molecule has 0 unspecified atom stereocenters. The Hall–Kier alpha value is -1.44. The molecule has 0 atom stereocenters. The highest BCUT2D eigenvalue weighted by Gasteiger charge is 2.26. The lowest BCUT2D eigenvalue weighted by molar-refractivity contribution is -0.144. The van der Waals surface area contributed by atoms with Crippen molar-refractivity contribution in [2.75, 3.05) is 44.6 Å². The summed E-state index contributed by atoms with van der Waals surface area (Å²) in [5, 5.41) is 11.5. The molecule has 1 aliphatic heterocycles. The highest BCUT2D eigenvalue weighted by Crippen LogP contribution is 2.23. The van der Waals surface area contributed by atoms with Gasteiger partial charge in [0, 0.05) is 37.2 Å². The number of aliphatic hydroxyl groups is 1. The molecule has 1 saturated heterocycles. The Labute approximate surface area is 138 Å². The number of hydrogen-bond donors (Lipinski definition) is 2. The number of hydrogen-bond acceptors (Lipinski definition) is 4. The number of piperazine rings is 1. The Bertz CT molecular complexity index is 557. The summed E-state index contributed by atoms with van der Waals surface area (Å²) in [5.41, 5.74) is 1.65. The summed E-state index contributed by atoms with van der Waals surface area (Å²) >= 11 is 3.38. The second-order valence-electron chi connectivity index (χ2n) is 5.29. The Morgan fingerprint density at radius 1 is 1.27 bits per heavy atom. The third kappa shape index (κ3) is 4.28. The molecule has 0 aliphatic carbocycles. The number of carbonyl (C=O) groups excluding carboxylic acids is 2. The van der Waals surface area contributed by atoms with Crippen LogP contribution in [0, 0.1) is 6.92 Å². The van der Waals surface area contributed by atoms with E-state index < -0.39 is 11.8 Å². The SMILES string of the molecule is Cc1ccc(NC(=O)C(=O)N2CCN(CCO)CC2)c(Br)c1. The van der Waals surface area contributed by atoms with Gasteiger partial charge in [-0.3, -0.25) is 14.5 Å². The standard InChI is InChI=1S/C15H20BrN3O3/c1-11-2-3-13(12(16)10-11)17-14(21)15(22)19-6-4-18(5-7-19)8-9-20/h2-3,10,20H,4-9H2,1H3,(H,17,21). The van der Waals surface area contributed by atoms with Crippen LogP contribution in [0.1, 0.15) is 5.56 Å². The summed E-state index contributed by atoms with van der Waals surface area (Å²) < 4.78 is 0.751. The van der Waals surface area contributed by atoms with Gasteiger partial charge in [0.2, 0.25) is 0 Å². The van der Waals surface area contributed by atoms with Gasteiger partial charge in [-0.25, -0.2) is 0 Å². The lowest BCUT2D eigenvalue weighted by Gasteiger charge is -2.33. The smallest absolute Gasteiger partial charge is 0.313 e. The number of nitrogens with zero attached hydrogens (tertiary/aromatic N) is 2. The zero-order valence-electron chi connectivity index (χ0n) is 12.5. The van der Waals surface area contributed by atoms with Gasteiger partial charge in [0.15, 0.2) is 0 Å². The van der Waals surface area contributed by atoms with E-state index in [1.807, 2.05) is 19.1 Å². The van der Waals surface area contributed by atoms with Gasteiger partial charge in [-0.15, -0.1) is 0 Å². The van der Waals surface area contributed by atoms with E-state index >= 15 is 0 Å². The molecule has 6 nitrogen and oxygen atoms in total. The van der Waals surface area contributed by atoms with Crippen molar-refractivity contribution in [1.29, 1.82) is 0 Å². The van der Waals surface area contributed by atoms with E-state index in [1.165, 1.54) is 0 Å². The summed E-state index contributed by atoms with van der Waals surface area (Å²) in [5.74, 6) is -1.14. The average Bonchev–Trinajstić information content (AvgIpc) is 2.50. The number of amides is 2. The summed E-state index contributed by atoms with van der Waals surface area (Å²) in [6, 6.07) is 5.52. The first-order chi connectivity index (χ1) is 10.5. The molecule has 0 saturated carbocycles. The maximum absolute atomic E-state index is 12.2. The summed E-state index contributed by atoms with van der Waals surface area (Å²) in [6.07, 6.45) is 0. The Kier molecular flexibility index (Phi) is 5.93. The van der Waals surface area contributed by atoms with Crippen molar-refractivity contribution < 1.29 is 14.7 Å². The van der Waals surface area contributed by atoms with Crippen LogP contribution in [-0.2, 0) is 9.59 Å². The van der Waals surface area contributed by atoms with Crippen LogP contribution in [-0.4, -0.2) is 66.1 Å². The first-order valence-electron chi connectivity index (χ1n) is 7.21. The molecule has 2 amide bonds. The van der Waals surface area contributed by atoms with Crippen molar-refractivity contribution in [3.63, 3.8) is 0 Å². The van der Waals surface area contributed by atoms with Gasteiger partial charge in [-0.1, -0.05) is 6.07 Å². The highest BCUT2D eigenvalue weighted by molar-refractivity contribution is 9.10. The van der Waals surface area contributed by atoms with E-state index in [9.17, 15) is 9.59 Å². The van der Waals surface area contributed by atoms with Crippen molar-refractivity contribution in [3.05, 3.63) is 28.2 Å². The van der Waals surface area contributed by atoms with E-state index in [4.69, 9.17) is 5.11 Å². The molecule has 0 spiro atoms. The van der Waals surface area contributed by atoms with Crippen LogP contribution in [0.3, 0.4) is 0 Å². The first kappa shape index (κ1) is 16.9. The molecule has 0 aromatic heterocycles. The lowest BCUT2D eigenvalue weighted by atomic mass is 10.2. The van der Waals surface area contributed by atoms with Crippen molar-refractivity contribution in [2.24, 2.45) is 0 Å². The van der Waals surface area contributed by atoms with Gasteiger partial charge in [0.25, 0.3) is 0 Å². The molecule has 1 aromatic carbocycles. The van der Waals surface area contributed by atoms with Crippen LogP contribution in [0.25, 0.3) is 0 Å². The van der Waals surface area contributed by atoms with Crippen LogP contribution in [0.15, 0.2) is 22.7 Å². The molecule has 2 N–H and O–H groups in total. The number of rotatable bonds is 3. The number of aryl methyl sites for hydroxylation is 1. The normalized spacial score (nSPS) is 15.7. The molecule has 0 radical (unpaired) electrons. The predicted octanol–water partition coefficient (Wildman–Crippen LogP) is 0.833. The fraction of sp³-hybridized carbons (Fsp3) is 0.467. The number of halogens is 1. The van der Waals surface area contributed by atoms with Crippen molar-refractivity contribution >= 4 is 33.4 Å². The number of aliphatic hydroxyl groups excluding tert-OH is 1. The van der Waals surface area contributed by atoms with Crippen LogP contribution in [0.4, 0.5) is 5.69 Å². The van der Waals surface area contributed by atoms with Gasteiger partial charge < -0.3 is 15.3 Å². The van der Waals surface area contributed by atoms with Crippen LogP contribution < -0.4 is 5.32 Å². The number of anilines is 1. The Balaban J connectivity index is 1.91. The molecule has 120 valence electrons. The zero-order chi connectivity index (χ0) is 16.1. The topological polar surface area (TPSA) is 72.9 Å². The molecule has 1 aliphatic rings. The third-order valence-corrected chi connectivity index (χ3v) is 4.30. The molecule has 0 bridgehead atoms. The number of nitrogens with one attached hydrogen (secondary N) is 1. The van der Waals surface area contributed by atoms with Crippen LogP contribution >= 0.6 is 15.9 Å². The van der Waals surface area contributed by atoms with E-state index in [-0.39, 0.29) is 6.61 Å². The molecule has 1 heterocycles. The van der Waals surface area contributed by atoms with E-state index in [2.05, 4.69) is 26.1 Å². The fourth-order valence-electron chi connectivity index (χ4n) is 2.36. The minimum atomic E-state index is -0.625. The van der Waals surface area contributed by atoms with Crippen LogP contribution in [0.5, 0.6) is 0 Å². The third-order valence-electron chi connectivity index (χ3n) is 3.64. The number of benzene rings is 1. The zero-order valence-corrected chi connectivity index (χ0v) is 14.1. The van der Waals surface area contributed by atoms with Crippen molar-refractivity contribution in [3.8, 4) is 0 Å². The van der Waals surface area contributed by atoms with Gasteiger partial charge in [-0.2, -0.15) is 0 Å². The minimum absolute atomic E-state index is 0.107. The monoisotopic (exact) mass is 369 g/mol. The van der Waals surface area contributed by atoms with E-state index in [0.29, 0.717) is 38.4 Å². The molecule has 22 heavy (non-hydrogen) atoms. The summed E-state index contributed by atoms with van der Waals surface area (Å²) in [4.78, 5) is 27.9. The van der Waals surface area contributed by atoms with E-state index in [1.54, 1.807) is 11.0 Å². The van der Waals surface area contributed by atoms with Crippen molar-refractivity contribution in [1.82, 2.24) is 9.80 Å². The first-order valence-corrected chi connectivity index (χ1v) is 8.00. The molecule has 7 heteroatoms. The Morgan fingerprint density at radius 3 is 2.55 bits per heavy atom. The molecular formula is C15H20BrN3O3. The minimum Gasteiger partial charge on any atom is -0.395 e. The fourth-order valence-corrected chi connectivity index (χ4v) is 2.95. The average molecular weight is 370 g/mol. The number of β-amino-alcohol motifs (C(OH)–C–C–N with tert-alkyl or cyclic N) is 1. The van der Waals surface area contributed by atoms with E-state index in [0.717, 1.165) is 10.0 Å². The lowest BCUT2D eigenvalue weighted by Crippen LogP contribution is -2.52. The van der Waals surface area contributed by atoms with Gasteiger partial charge in [-0.05, 0) is 40.5 Å². The van der Waals surface area contributed by atoms with Gasteiger partial charge in [0.05, 0.1) is 12.3 Å². The van der Waals surface area contributed by atoms with Gasteiger partial charge in [0.1, 0.15) is 0 Å².